The maximum absolute atomic E-state index is 11.7. The van der Waals surface area contributed by atoms with Crippen molar-refractivity contribution in [2.24, 2.45) is 0 Å². The van der Waals surface area contributed by atoms with Gasteiger partial charge in [0.05, 0.1) is 12.1 Å². The number of esters is 1. The van der Waals surface area contributed by atoms with Crippen LogP contribution >= 0.6 is 0 Å². The lowest BCUT2D eigenvalue weighted by Crippen LogP contribution is -2.41. The lowest BCUT2D eigenvalue weighted by molar-refractivity contribution is -0.128. The molecule has 0 radical (unpaired) electrons. The van der Waals surface area contributed by atoms with Gasteiger partial charge in [-0.2, -0.15) is 0 Å². The van der Waals surface area contributed by atoms with Gasteiger partial charge in [0.15, 0.2) is 6.61 Å². The Morgan fingerprint density at radius 3 is 2.29 bits per heavy atom. The number of aryl methyl sites for hydroxylation is 1. The van der Waals surface area contributed by atoms with Gasteiger partial charge >= 0.3 is 5.97 Å². The summed E-state index contributed by atoms with van der Waals surface area (Å²) in [5, 5.41) is 5.01. The molecule has 0 aliphatic rings. The summed E-state index contributed by atoms with van der Waals surface area (Å²) < 4.78 is 4.86. The Kier molecular flexibility index (Phi) is 6.39. The van der Waals surface area contributed by atoms with Crippen LogP contribution in [0.2, 0.25) is 0 Å². The van der Waals surface area contributed by atoms with Crippen LogP contribution in [0.4, 0.5) is 0 Å². The van der Waals surface area contributed by atoms with Gasteiger partial charge in [0, 0.05) is 6.04 Å². The molecule has 0 spiro atoms. The maximum Gasteiger partial charge on any atom is 0.338 e. The molecule has 114 valence electrons. The number of rotatable bonds is 6. The van der Waals surface area contributed by atoms with Crippen LogP contribution in [0.1, 0.15) is 29.8 Å². The molecule has 0 unspecified atom stereocenters. The SMILES string of the molecule is Cc1ccc(C(=O)OCC(=O)NCC(=O)NC(C)C)cc1. The summed E-state index contributed by atoms with van der Waals surface area (Å²) in [5.74, 6) is -1.38. The number of hydrogen-bond donors (Lipinski definition) is 2. The lowest BCUT2D eigenvalue weighted by atomic mass is 10.1. The molecule has 1 rings (SSSR count). The van der Waals surface area contributed by atoms with Crippen molar-refractivity contribution in [1.82, 2.24) is 10.6 Å². The van der Waals surface area contributed by atoms with Crippen molar-refractivity contribution < 1.29 is 19.1 Å². The number of benzene rings is 1. The van der Waals surface area contributed by atoms with E-state index in [0.29, 0.717) is 5.56 Å². The Balaban J connectivity index is 2.31. The zero-order valence-corrected chi connectivity index (χ0v) is 12.4. The van der Waals surface area contributed by atoms with Gasteiger partial charge < -0.3 is 15.4 Å². The molecule has 0 aliphatic heterocycles. The summed E-state index contributed by atoms with van der Waals surface area (Å²) >= 11 is 0. The summed E-state index contributed by atoms with van der Waals surface area (Å²) in [5.41, 5.74) is 1.41. The van der Waals surface area contributed by atoms with E-state index in [1.807, 2.05) is 20.8 Å². The van der Waals surface area contributed by atoms with E-state index in [1.165, 1.54) is 0 Å². The second-order valence-electron chi connectivity index (χ2n) is 4.94. The first kappa shape index (κ1) is 16.7. The van der Waals surface area contributed by atoms with E-state index >= 15 is 0 Å². The van der Waals surface area contributed by atoms with Crippen LogP contribution in [0.3, 0.4) is 0 Å². The van der Waals surface area contributed by atoms with Crippen molar-refractivity contribution >= 4 is 17.8 Å². The number of carbonyl (C=O) groups excluding carboxylic acids is 3. The predicted molar refractivity (Wildman–Crippen MR) is 77.7 cm³/mol. The molecule has 1 aromatic rings. The molecule has 1 aromatic carbocycles. The number of ether oxygens (including phenoxy) is 1. The third kappa shape index (κ3) is 6.56. The van der Waals surface area contributed by atoms with E-state index < -0.39 is 18.5 Å². The fraction of sp³-hybridized carbons (Fsp3) is 0.400. The molecule has 0 fully saturated rings. The Morgan fingerprint density at radius 2 is 1.71 bits per heavy atom. The molecule has 2 amide bonds. The van der Waals surface area contributed by atoms with Crippen LogP contribution < -0.4 is 10.6 Å². The van der Waals surface area contributed by atoms with Gasteiger partial charge in [0.1, 0.15) is 0 Å². The van der Waals surface area contributed by atoms with Crippen molar-refractivity contribution in [3.8, 4) is 0 Å². The third-order valence-corrected chi connectivity index (χ3v) is 2.52. The molecule has 2 N–H and O–H groups in total. The number of amides is 2. The first-order valence-electron chi connectivity index (χ1n) is 6.68. The van der Waals surface area contributed by atoms with Gasteiger partial charge in [-0.3, -0.25) is 9.59 Å². The maximum atomic E-state index is 11.7. The predicted octanol–water partition coefficient (Wildman–Crippen LogP) is 0.793. The first-order valence-corrected chi connectivity index (χ1v) is 6.68. The molecule has 0 bridgehead atoms. The second kappa shape index (κ2) is 8.04. The molecule has 0 heterocycles. The monoisotopic (exact) mass is 292 g/mol. The summed E-state index contributed by atoms with van der Waals surface area (Å²) in [7, 11) is 0. The molecule has 0 saturated heterocycles. The van der Waals surface area contributed by atoms with Gasteiger partial charge in [-0.15, -0.1) is 0 Å². The van der Waals surface area contributed by atoms with Crippen molar-refractivity contribution in [3.05, 3.63) is 35.4 Å². The highest BCUT2D eigenvalue weighted by Crippen LogP contribution is 2.04. The summed E-state index contributed by atoms with van der Waals surface area (Å²) in [6.45, 7) is 5.00. The van der Waals surface area contributed by atoms with E-state index in [-0.39, 0.29) is 18.5 Å². The average molecular weight is 292 g/mol. The highest BCUT2D eigenvalue weighted by Gasteiger charge is 2.11. The quantitative estimate of drug-likeness (QED) is 0.759. The highest BCUT2D eigenvalue weighted by atomic mass is 16.5. The summed E-state index contributed by atoms with van der Waals surface area (Å²) in [6, 6.07) is 6.84. The zero-order valence-electron chi connectivity index (χ0n) is 12.4. The zero-order chi connectivity index (χ0) is 15.8. The third-order valence-electron chi connectivity index (χ3n) is 2.52. The van der Waals surface area contributed by atoms with E-state index in [1.54, 1.807) is 24.3 Å². The van der Waals surface area contributed by atoms with Crippen molar-refractivity contribution in [3.63, 3.8) is 0 Å². The van der Waals surface area contributed by atoms with E-state index in [4.69, 9.17) is 4.74 Å². The summed E-state index contributed by atoms with van der Waals surface area (Å²) in [4.78, 5) is 34.4. The van der Waals surface area contributed by atoms with Crippen molar-refractivity contribution in [2.45, 2.75) is 26.8 Å². The van der Waals surface area contributed by atoms with Gasteiger partial charge in [-0.1, -0.05) is 17.7 Å². The molecule has 0 aromatic heterocycles. The smallest absolute Gasteiger partial charge is 0.338 e. The van der Waals surface area contributed by atoms with Crippen molar-refractivity contribution in [2.75, 3.05) is 13.2 Å². The molecule has 0 atom stereocenters. The molecular weight excluding hydrogens is 272 g/mol. The molecule has 6 nitrogen and oxygen atoms in total. The molecule has 0 saturated carbocycles. The fourth-order valence-electron chi connectivity index (χ4n) is 1.51. The van der Waals surface area contributed by atoms with Crippen LogP contribution in [-0.2, 0) is 14.3 Å². The lowest BCUT2D eigenvalue weighted by Gasteiger charge is -2.09. The van der Waals surface area contributed by atoms with Crippen LogP contribution in [0, 0.1) is 6.92 Å². The number of nitrogens with one attached hydrogen (secondary N) is 2. The Labute approximate surface area is 123 Å². The van der Waals surface area contributed by atoms with E-state index in [0.717, 1.165) is 5.56 Å². The van der Waals surface area contributed by atoms with Crippen molar-refractivity contribution in [1.29, 1.82) is 0 Å². The highest BCUT2D eigenvalue weighted by molar-refractivity contribution is 5.92. The van der Waals surface area contributed by atoms with Gasteiger partial charge in [-0.05, 0) is 32.9 Å². The normalized spacial score (nSPS) is 10.1. The Hall–Kier alpha value is -2.37. The molecule has 0 aliphatic carbocycles. The van der Waals surface area contributed by atoms with Gasteiger partial charge in [0.2, 0.25) is 5.91 Å². The molecule has 21 heavy (non-hydrogen) atoms. The van der Waals surface area contributed by atoms with Crippen LogP contribution in [0.15, 0.2) is 24.3 Å². The van der Waals surface area contributed by atoms with Gasteiger partial charge in [0.25, 0.3) is 5.91 Å². The fourth-order valence-corrected chi connectivity index (χ4v) is 1.51. The van der Waals surface area contributed by atoms with E-state index in [2.05, 4.69) is 10.6 Å². The minimum atomic E-state index is -0.572. The van der Waals surface area contributed by atoms with Gasteiger partial charge in [-0.25, -0.2) is 4.79 Å². The topological polar surface area (TPSA) is 84.5 Å². The molecule has 6 heteroatoms. The first-order chi connectivity index (χ1) is 9.88. The largest absolute Gasteiger partial charge is 0.452 e. The number of hydrogen-bond acceptors (Lipinski definition) is 4. The average Bonchev–Trinajstić information content (AvgIpc) is 2.42. The summed E-state index contributed by atoms with van der Waals surface area (Å²) in [6.07, 6.45) is 0. The number of carbonyl (C=O) groups is 3. The Bertz CT molecular complexity index is 509. The van der Waals surface area contributed by atoms with E-state index in [9.17, 15) is 14.4 Å². The Morgan fingerprint density at radius 1 is 1.10 bits per heavy atom. The van der Waals surface area contributed by atoms with Crippen LogP contribution in [0.25, 0.3) is 0 Å². The standard InChI is InChI=1S/C15H20N2O4/c1-10(2)17-13(18)8-16-14(19)9-21-15(20)12-6-4-11(3)5-7-12/h4-7,10H,8-9H2,1-3H3,(H,16,19)(H,17,18). The minimum Gasteiger partial charge on any atom is -0.452 e. The van der Waals surface area contributed by atoms with Crippen LogP contribution in [-0.4, -0.2) is 37.0 Å². The second-order valence-corrected chi connectivity index (χ2v) is 4.94. The minimum absolute atomic E-state index is 0.00812. The molecular formula is C15H20N2O4. The van der Waals surface area contributed by atoms with Crippen LogP contribution in [0.5, 0.6) is 0 Å².